The van der Waals surface area contributed by atoms with Gasteiger partial charge in [0.1, 0.15) is 0 Å². The average molecular weight is 255 g/mol. The molecule has 2 atom stereocenters. The SMILES string of the molecule is CC(O)C(C)SCCc1ccc([N+](=O)[O-])cc1. The Hall–Kier alpha value is -1.07. The Labute approximate surface area is 105 Å². The molecule has 0 bridgehead atoms. The largest absolute Gasteiger partial charge is 0.392 e. The first kappa shape index (κ1) is 14.0. The van der Waals surface area contributed by atoms with E-state index in [1.807, 2.05) is 6.92 Å². The number of thioether (sulfide) groups is 1. The number of rotatable bonds is 6. The van der Waals surface area contributed by atoms with Crippen LogP contribution < -0.4 is 0 Å². The Kier molecular flexibility index (Phi) is 5.44. The number of hydrogen-bond donors (Lipinski definition) is 1. The van der Waals surface area contributed by atoms with Crippen LogP contribution in [0.5, 0.6) is 0 Å². The molecule has 0 aliphatic carbocycles. The third-order valence-corrected chi connectivity index (χ3v) is 3.96. The molecule has 0 aromatic heterocycles. The van der Waals surface area contributed by atoms with Crippen molar-refractivity contribution < 1.29 is 10.0 Å². The van der Waals surface area contributed by atoms with E-state index in [1.54, 1.807) is 30.8 Å². The van der Waals surface area contributed by atoms with E-state index in [1.165, 1.54) is 12.1 Å². The molecule has 0 heterocycles. The van der Waals surface area contributed by atoms with Gasteiger partial charge < -0.3 is 5.11 Å². The van der Waals surface area contributed by atoms with Gasteiger partial charge in [-0.2, -0.15) is 11.8 Å². The van der Waals surface area contributed by atoms with Gasteiger partial charge in [0.2, 0.25) is 0 Å². The van der Waals surface area contributed by atoms with Crippen LogP contribution in [0.1, 0.15) is 19.4 Å². The van der Waals surface area contributed by atoms with Crippen LogP contribution in [0.25, 0.3) is 0 Å². The molecule has 2 unspecified atom stereocenters. The number of nitro groups is 1. The third kappa shape index (κ3) is 4.75. The Bertz CT molecular complexity index is 365. The molecular formula is C12H17NO3S. The van der Waals surface area contributed by atoms with Crippen LogP contribution in [-0.4, -0.2) is 27.1 Å². The summed E-state index contributed by atoms with van der Waals surface area (Å²) in [5.74, 6) is 0.907. The average Bonchev–Trinajstić information content (AvgIpc) is 2.29. The van der Waals surface area contributed by atoms with E-state index in [-0.39, 0.29) is 17.0 Å². The lowest BCUT2D eigenvalue weighted by Crippen LogP contribution is -2.15. The molecule has 0 fully saturated rings. The summed E-state index contributed by atoms with van der Waals surface area (Å²) >= 11 is 1.71. The van der Waals surface area contributed by atoms with Gasteiger partial charge in [0, 0.05) is 17.4 Å². The molecular weight excluding hydrogens is 238 g/mol. The zero-order valence-corrected chi connectivity index (χ0v) is 10.8. The number of benzene rings is 1. The van der Waals surface area contributed by atoms with E-state index in [0.717, 1.165) is 17.7 Å². The lowest BCUT2D eigenvalue weighted by atomic mass is 10.1. The van der Waals surface area contributed by atoms with Crippen LogP contribution in [0.15, 0.2) is 24.3 Å². The van der Waals surface area contributed by atoms with Crippen molar-refractivity contribution in [3.63, 3.8) is 0 Å². The Morgan fingerprint density at radius 1 is 1.35 bits per heavy atom. The fourth-order valence-corrected chi connectivity index (χ4v) is 2.29. The van der Waals surface area contributed by atoms with Crippen LogP contribution in [-0.2, 0) is 6.42 Å². The third-order valence-electron chi connectivity index (χ3n) is 2.60. The fourth-order valence-electron chi connectivity index (χ4n) is 1.29. The van der Waals surface area contributed by atoms with Gasteiger partial charge in [-0.1, -0.05) is 19.1 Å². The van der Waals surface area contributed by atoms with E-state index >= 15 is 0 Å². The highest BCUT2D eigenvalue weighted by Gasteiger charge is 2.09. The summed E-state index contributed by atoms with van der Waals surface area (Å²) in [5.41, 5.74) is 1.21. The smallest absolute Gasteiger partial charge is 0.269 e. The second-order valence-electron chi connectivity index (χ2n) is 3.99. The molecule has 0 spiro atoms. The topological polar surface area (TPSA) is 63.4 Å². The molecule has 4 nitrogen and oxygen atoms in total. The van der Waals surface area contributed by atoms with Gasteiger partial charge >= 0.3 is 0 Å². The Morgan fingerprint density at radius 2 is 1.94 bits per heavy atom. The lowest BCUT2D eigenvalue weighted by Gasteiger charge is -2.13. The Balaban J connectivity index is 2.40. The van der Waals surface area contributed by atoms with E-state index in [0.29, 0.717) is 0 Å². The number of aliphatic hydroxyl groups is 1. The van der Waals surface area contributed by atoms with Crippen LogP contribution in [0.2, 0.25) is 0 Å². The first-order valence-corrected chi connectivity index (χ1v) is 6.58. The molecule has 0 aliphatic rings. The van der Waals surface area contributed by atoms with Crippen LogP contribution >= 0.6 is 11.8 Å². The number of aryl methyl sites for hydroxylation is 1. The molecule has 0 radical (unpaired) electrons. The fraction of sp³-hybridized carbons (Fsp3) is 0.500. The van der Waals surface area contributed by atoms with Crippen molar-refractivity contribution in [2.24, 2.45) is 0 Å². The summed E-state index contributed by atoms with van der Waals surface area (Å²) in [4.78, 5) is 10.1. The monoisotopic (exact) mass is 255 g/mol. The Morgan fingerprint density at radius 3 is 2.41 bits per heavy atom. The highest BCUT2D eigenvalue weighted by Crippen LogP contribution is 2.17. The zero-order valence-electron chi connectivity index (χ0n) is 10.00. The number of non-ortho nitro benzene ring substituents is 1. The van der Waals surface area contributed by atoms with Gasteiger partial charge in [-0.3, -0.25) is 10.1 Å². The number of nitrogens with zero attached hydrogens (tertiary/aromatic N) is 1. The van der Waals surface area contributed by atoms with E-state index in [2.05, 4.69) is 0 Å². The van der Waals surface area contributed by atoms with E-state index in [9.17, 15) is 15.2 Å². The maximum atomic E-state index is 10.5. The predicted octanol–water partition coefficient (Wildman–Crippen LogP) is 2.64. The second kappa shape index (κ2) is 6.61. The lowest BCUT2D eigenvalue weighted by molar-refractivity contribution is -0.384. The summed E-state index contributed by atoms with van der Waals surface area (Å²) in [7, 11) is 0. The summed E-state index contributed by atoms with van der Waals surface area (Å²) in [6.07, 6.45) is 0.552. The van der Waals surface area contributed by atoms with Crippen LogP contribution in [0.3, 0.4) is 0 Å². The molecule has 1 N–H and O–H groups in total. The predicted molar refractivity (Wildman–Crippen MR) is 70.4 cm³/mol. The zero-order chi connectivity index (χ0) is 12.8. The van der Waals surface area contributed by atoms with Gasteiger partial charge in [-0.25, -0.2) is 0 Å². The molecule has 1 rings (SSSR count). The maximum absolute atomic E-state index is 10.5. The summed E-state index contributed by atoms with van der Waals surface area (Å²) < 4.78 is 0. The second-order valence-corrected chi connectivity index (χ2v) is 5.48. The summed E-state index contributed by atoms with van der Waals surface area (Å²) in [6, 6.07) is 6.62. The summed E-state index contributed by atoms with van der Waals surface area (Å²) in [5, 5.41) is 20.0. The molecule has 0 amide bonds. The maximum Gasteiger partial charge on any atom is 0.269 e. The van der Waals surface area contributed by atoms with Crippen molar-refractivity contribution >= 4 is 17.4 Å². The van der Waals surface area contributed by atoms with Crippen molar-refractivity contribution in [1.82, 2.24) is 0 Å². The van der Waals surface area contributed by atoms with Crippen molar-refractivity contribution in [2.45, 2.75) is 31.6 Å². The first-order valence-electron chi connectivity index (χ1n) is 5.53. The molecule has 5 heteroatoms. The van der Waals surface area contributed by atoms with Crippen LogP contribution in [0, 0.1) is 10.1 Å². The van der Waals surface area contributed by atoms with E-state index < -0.39 is 4.92 Å². The molecule has 0 aliphatic heterocycles. The first-order chi connectivity index (χ1) is 8.00. The van der Waals surface area contributed by atoms with Gasteiger partial charge in [0.25, 0.3) is 5.69 Å². The number of nitro benzene ring substituents is 1. The van der Waals surface area contributed by atoms with Gasteiger partial charge in [-0.15, -0.1) is 0 Å². The standard InChI is InChI=1S/C12H17NO3S/c1-9(14)10(2)17-8-7-11-3-5-12(6-4-11)13(15)16/h3-6,9-10,14H,7-8H2,1-2H3. The highest BCUT2D eigenvalue weighted by molar-refractivity contribution is 7.99. The molecule has 0 saturated carbocycles. The van der Waals surface area contributed by atoms with Crippen molar-refractivity contribution in [3.8, 4) is 0 Å². The molecule has 94 valence electrons. The molecule has 1 aromatic carbocycles. The van der Waals surface area contributed by atoms with Gasteiger partial charge in [-0.05, 0) is 24.7 Å². The molecule has 1 aromatic rings. The van der Waals surface area contributed by atoms with Crippen molar-refractivity contribution in [3.05, 3.63) is 39.9 Å². The normalized spacial score (nSPS) is 14.3. The van der Waals surface area contributed by atoms with E-state index in [4.69, 9.17) is 0 Å². The highest BCUT2D eigenvalue weighted by atomic mass is 32.2. The quantitative estimate of drug-likeness (QED) is 0.627. The van der Waals surface area contributed by atoms with Gasteiger partial charge in [0.15, 0.2) is 0 Å². The summed E-state index contributed by atoms with van der Waals surface area (Å²) in [6.45, 7) is 3.77. The minimum atomic E-state index is -0.395. The molecule has 0 saturated heterocycles. The number of hydrogen-bond acceptors (Lipinski definition) is 4. The minimum absolute atomic E-state index is 0.124. The van der Waals surface area contributed by atoms with Crippen molar-refractivity contribution in [1.29, 1.82) is 0 Å². The number of aliphatic hydroxyl groups excluding tert-OH is 1. The van der Waals surface area contributed by atoms with Crippen molar-refractivity contribution in [2.75, 3.05) is 5.75 Å². The van der Waals surface area contributed by atoms with Gasteiger partial charge in [0.05, 0.1) is 11.0 Å². The molecule has 17 heavy (non-hydrogen) atoms. The minimum Gasteiger partial charge on any atom is -0.392 e. The van der Waals surface area contributed by atoms with Crippen LogP contribution in [0.4, 0.5) is 5.69 Å².